The number of nitrogens with zero attached hydrogens (tertiary/aromatic N) is 3. The van der Waals surface area contributed by atoms with Gasteiger partial charge in [0.15, 0.2) is 0 Å². The first-order valence-electron chi connectivity index (χ1n) is 10.0. The molecule has 2 amide bonds. The van der Waals surface area contributed by atoms with Crippen LogP contribution in [0.2, 0.25) is 0 Å². The quantitative estimate of drug-likeness (QED) is 0.813. The van der Waals surface area contributed by atoms with Crippen LogP contribution in [0, 0.1) is 0 Å². The summed E-state index contributed by atoms with van der Waals surface area (Å²) in [5.41, 5.74) is 0.577. The second-order valence-electron chi connectivity index (χ2n) is 8.01. The Hall–Kier alpha value is -1.60. The number of carbonyl (C=O) groups is 2. The summed E-state index contributed by atoms with van der Waals surface area (Å²) < 4.78 is 1.58. The highest BCUT2D eigenvalue weighted by Crippen LogP contribution is 2.21. The second-order valence-corrected chi connectivity index (χ2v) is 8.01. The molecule has 8 heteroatoms. The predicted molar refractivity (Wildman–Crippen MR) is 105 cm³/mol. The van der Waals surface area contributed by atoms with Crippen LogP contribution in [0.25, 0.3) is 0 Å². The lowest BCUT2D eigenvalue weighted by Gasteiger charge is -2.23. The van der Waals surface area contributed by atoms with Crippen molar-refractivity contribution >= 4 is 24.2 Å². The van der Waals surface area contributed by atoms with Gasteiger partial charge in [-0.25, -0.2) is 0 Å². The fraction of sp³-hybridized carbons (Fsp3) is 0.737. The molecular weight excluding hydrogens is 366 g/mol. The third kappa shape index (κ3) is 5.02. The molecule has 1 aromatic rings. The molecule has 0 aromatic carbocycles. The van der Waals surface area contributed by atoms with Crippen LogP contribution in [-0.2, 0) is 11.3 Å². The monoisotopic (exact) mass is 395 g/mol. The van der Waals surface area contributed by atoms with E-state index in [2.05, 4.69) is 15.7 Å². The van der Waals surface area contributed by atoms with Gasteiger partial charge in [0.25, 0.3) is 5.91 Å². The van der Waals surface area contributed by atoms with E-state index < -0.39 is 0 Å². The van der Waals surface area contributed by atoms with Crippen molar-refractivity contribution in [3.8, 4) is 0 Å². The standard InChI is InChI=1S/C19H29N5O2.ClH/c25-18(22-15-4-2-1-3-5-15)13-24-11-14(10-20-24)19(26)23-9-8-16-6-7-17(12-23)21-16;/h10-11,15-17,21H,1-9,12-13H2,(H,22,25);1H. The molecule has 0 spiro atoms. The predicted octanol–water partition coefficient (Wildman–Crippen LogP) is 1.72. The number of likely N-dealkylation sites (tertiary alicyclic amines) is 1. The van der Waals surface area contributed by atoms with E-state index in [0.29, 0.717) is 23.7 Å². The zero-order valence-corrected chi connectivity index (χ0v) is 16.5. The fourth-order valence-corrected chi connectivity index (χ4v) is 4.54. The molecule has 2 saturated heterocycles. The van der Waals surface area contributed by atoms with Crippen molar-refractivity contribution in [3.05, 3.63) is 18.0 Å². The van der Waals surface area contributed by atoms with E-state index in [1.165, 1.54) is 25.7 Å². The lowest BCUT2D eigenvalue weighted by molar-refractivity contribution is -0.122. The van der Waals surface area contributed by atoms with Crippen LogP contribution in [-0.4, -0.2) is 57.7 Å². The molecule has 4 rings (SSSR count). The van der Waals surface area contributed by atoms with Gasteiger partial charge in [0.05, 0.1) is 11.8 Å². The lowest BCUT2D eigenvalue weighted by Crippen LogP contribution is -2.39. The topological polar surface area (TPSA) is 79.3 Å². The van der Waals surface area contributed by atoms with Crippen LogP contribution < -0.4 is 10.6 Å². The van der Waals surface area contributed by atoms with Crippen LogP contribution in [0.4, 0.5) is 0 Å². The van der Waals surface area contributed by atoms with E-state index in [4.69, 9.17) is 0 Å². The van der Waals surface area contributed by atoms with Crippen LogP contribution in [0.1, 0.15) is 61.7 Å². The molecule has 7 nitrogen and oxygen atoms in total. The van der Waals surface area contributed by atoms with Crippen molar-refractivity contribution in [2.45, 2.75) is 76.0 Å². The molecule has 3 heterocycles. The van der Waals surface area contributed by atoms with Crippen LogP contribution in [0.3, 0.4) is 0 Å². The summed E-state index contributed by atoms with van der Waals surface area (Å²) in [5, 5.41) is 10.9. The highest BCUT2D eigenvalue weighted by Gasteiger charge is 2.31. The van der Waals surface area contributed by atoms with Crippen molar-refractivity contribution in [1.82, 2.24) is 25.3 Å². The van der Waals surface area contributed by atoms with Gasteiger partial charge in [-0.2, -0.15) is 5.10 Å². The maximum Gasteiger partial charge on any atom is 0.257 e. The molecule has 2 bridgehead atoms. The number of amides is 2. The number of rotatable bonds is 4. The summed E-state index contributed by atoms with van der Waals surface area (Å²) in [6, 6.07) is 1.28. The van der Waals surface area contributed by atoms with Crippen molar-refractivity contribution in [3.63, 3.8) is 0 Å². The minimum absolute atomic E-state index is 0. The van der Waals surface area contributed by atoms with Crippen molar-refractivity contribution in [1.29, 1.82) is 0 Å². The highest BCUT2D eigenvalue weighted by atomic mass is 35.5. The third-order valence-electron chi connectivity index (χ3n) is 5.97. The number of nitrogens with one attached hydrogen (secondary N) is 2. The van der Waals surface area contributed by atoms with Gasteiger partial charge < -0.3 is 15.5 Å². The Balaban J connectivity index is 0.00000210. The van der Waals surface area contributed by atoms with Gasteiger partial charge >= 0.3 is 0 Å². The molecule has 3 fully saturated rings. The molecule has 2 aliphatic heterocycles. The van der Waals surface area contributed by atoms with Gasteiger partial charge in [-0.1, -0.05) is 19.3 Å². The Bertz CT molecular complexity index is 658. The van der Waals surface area contributed by atoms with E-state index in [-0.39, 0.29) is 30.8 Å². The Morgan fingerprint density at radius 2 is 1.89 bits per heavy atom. The molecule has 1 saturated carbocycles. The largest absolute Gasteiger partial charge is 0.352 e. The molecular formula is C19H30ClN5O2. The van der Waals surface area contributed by atoms with Gasteiger partial charge in [0, 0.05) is 37.4 Å². The summed E-state index contributed by atoms with van der Waals surface area (Å²) in [4.78, 5) is 26.9. The highest BCUT2D eigenvalue weighted by molar-refractivity contribution is 5.93. The second kappa shape index (κ2) is 9.06. The molecule has 2 N–H and O–H groups in total. The first-order valence-corrected chi connectivity index (χ1v) is 10.0. The number of halogens is 1. The lowest BCUT2D eigenvalue weighted by atomic mass is 9.95. The third-order valence-corrected chi connectivity index (χ3v) is 5.97. The fourth-order valence-electron chi connectivity index (χ4n) is 4.54. The molecule has 3 aliphatic rings. The molecule has 2 atom stereocenters. The van der Waals surface area contributed by atoms with E-state index in [0.717, 1.165) is 38.8 Å². The summed E-state index contributed by atoms with van der Waals surface area (Å²) in [7, 11) is 0. The SMILES string of the molecule is Cl.O=C(Cn1cc(C(=O)N2CCC3CCC(C2)N3)cn1)NC1CCCCC1. The zero-order valence-electron chi connectivity index (χ0n) is 15.7. The van der Waals surface area contributed by atoms with Crippen molar-refractivity contribution in [2.24, 2.45) is 0 Å². The summed E-state index contributed by atoms with van der Waals surface area (Å²) in [6.45, 7) is 1.74. The number of carbonyl (C=O) groups excluding carboxylic acids is 2. The molecule has 150 valence electrons. The van der Waals surface area contributed by atoms with Crippen molar-refractivity contribution in [2.75, 3.05) is 13.1 Å². The Morgan fingerprint density at radius 3 is 2.70 bits per heavy atom. The minimum Gasteiger partial charge on any atom is -0.352 e. The normalized spacial score (nSPS) is 25.6. The number of hydrogen-bond donors (Lipinski definition) is 2. The van der Waals surface area contributed by atoms with E-state index in [1.54, 1.807) is 17.1 Å². The average Bonchev–Trinajstić information content (AvgIpc) is 3.21. The Morgan fingerprint density at radius 1 is 1.11 bits per heavy atom. The Kier molecular flexibility index (Phi) is 6.76. The molecule has 1 aromatic heterocycles. The number of aromatic nitrogens is 2. The van der Waals surface area contributed by atoms with Gasteiger partial charge in [-0.15, -0.1) is 12.4 Å². The van der Waals surface area contributed by atoms with Crippen LogP contribution >= 0.6 is 12.4 Å². The van der Waals surface area contributed by atoms with Gasteiger partial charge in [-0.05, 0) is 32.1 Å². The van der Waals surface area contributed by atoms with Crippen LogP contribution in [0.5, 0.6) is 0 Å². The maximum atomic E-state index is 12.8. The molecule has 0 radical (unpaired) electrons. The molecule has 27 heavy (non-hydrogen) atoms. The summed E-state index contributed by atoms with van der Waals surface area (Å²) >= 11 is 0. The number of fused-ring (bicyclic) bond motifs is 2. The molecule has 1 aliphatic carbocycles. The Labute approximate surface area is 166 Å². The average molecular weight is 396 g/mol. The molecule has 2 unspecified atom stereocenters. The smallest absolute Gasteiger partial charge is 0.257 e. The first kappa shape index (κ1) is 20.1. The van der Waals surface area contributed by atoms with E-state index >= 15 is 0 Å². The summed E-state index contributed by atoms with van der Waals surface area (Å²) in [5.74, 6) is 0.00794. The van der Waals surface area contributed by atoms with Crippen LogP contribution in [0.15, 0.2) is 12.4 Å². The van der Waals surface area contributed by atoms with Gasteiger partial charge in [0.2, 0.25) is 5.91 Å². The minimum atomic E-state index is -0.0183. The maximum absolute atomic E-state index is 12.8. The number of hydrogen-bond acceptors (Lipinski definition) is 4. The van der Waals surface area contributed by atoms with Crippen molar-refractivity contribution < 1.29 is 9.59 Å². The van der Waals surface area contributed by atoms with Gasteiger partial charge in [-0.3, -0.25) is 14.3 Å². The summed E-state index contributed by atoms with van der Waals surface area (Å²) in [6.07, 6.45) is 12.5. The zero-order chi connectivity index (χ0) is 17.9. The van der Waals surface area contributed by atoms with E-state index in [1.807, 2.05) is 4.90 Å². The van der Waals surface area contributed by atoms with E-state index in [9.17, 15) is 9.59 Å². The first-order chi connectivity index (χ1) is 12.7. The van der Waals surface area contributed by atoms with Gasteiger partial charge in [0.1, 0.15) is 6.54 Å².